The molecule has 0 radical (unpaired) electrons. The second kappa shape index (κ2) is 6.60. The summed E-state index contributed by atoms with van der Waals surface area (Å²) in [6, 6.07) is 0. The summed E-state index contributed by atoms with van der Waals surface area (Å²) >= 11 is 0. The monoisotopic (exact) mass is 358 g/mol. The summed E-state index contributed by atoms with van der Waals surface area (Å²) in [6.45, 7) is 6.88. The molecule has 0 heterocycles. The smallest absolute Gasteiger partial charge is 0.169 e. The van der Waals surface area contributed by atoms with Crippen molar-refractivity contribution in [1.29, 1.82) is 0 Å². The van der Waals surface area contributed by atoms with E-state index >= 15 is 0 Å². The lowest BCUT2D eigenvalue weighted by Gasteiger charge is -2.48. The first-order valence-corrected chi connectivity index (χ1v) is 10.7. The minimum absolute atomic E-state index is 0.164. The predicted octanol–water partition coefficient (Wildman–Crippen LogP) is 4.94. The van der Waals surface area contributed by atoms with Crippen molar-refractivity contribution in [3.05, 3.63) is 22.8 Å². The van der Waals surface area contributed by atoms with Gasteiger partial charge in [0.1, 0.15) is 5.78 Å². The van der Waals surface area contributed by atoms with Crippen molar-refractivity contribution in [2.45, 2.75) is 84.3 Å². The number of ether oxygens (including phenoxy) is 1. The molecule has 3 nitrogen and oxygen atoms in total. The zero-order valence-corrected chi connectivity index (χ0v) is 16.6. The highest BCUT2D eigenvalue weighted by Gasteiger charge is 2.54. The van der Waals surface area contributed by atoms with E-state index in [4.69, 9.17) is 4.74 Å². The minimum Gasteiger partial charge on any atom is -0.365 e. The molecule has 4 aliphatic carbocycles. The second-order valence-electron chi connectivity index (χ2n) is 9.42. The first kappa shape index (κ1) is 18.4. The largest absolute Gasteiger partial charge is 0.365 e. The number of carbonyl (C=O) groups excluding carboxylic acids is 1. The van der Waals surface area contributed by atoms with Crippen molar-refractivity contribution >= 4 is 5.78 Å². The van der Waals surface area contributed by atoms with Gasteiger partial charge in [-0.2, -0.15) is 0 Å². The quantitative estimate of drug-likeness (QED) is 0.724. The van der Waals surface area contributed by atoms with Crippen molar-refractivity contribution in [1.82, 2.24) is 0 Å². The van der Waals surface area contributed by atoms with Crippen LogP contribution < -0.4 is 0 Å². The topological polar surface area (TPSA) is 46.5 Å². The van der Waals surface area contributed by atoms with Crippen LogP contribution in [-0.2, 0) is 9.53 Å². The number of hydrogen-bond donors (Lipinski definition) is 1. The van der Waals surface area contributed by atoms with Gasteiger partial charge in [0.2, 0.25) is 0 Å². The van der Waals surface area contributed by atoms with E-state index < -0.39 is 5.79 Å². The third-order valence-electron chi connectivity index (χ3n) is 7.91. The minimum atomic E-state index is -0.946. The Morgan fingerprint density at radius 3 is 2.85 bits per heavy atom. The standard InChI is InChI=1S/C23H34O3/c1-4-13-26-23(25)12-10-17-16(14-23)5-6-19-18(17)9-11-22(3)20(15(2)24)7-8-21(19)22/h9,19-21,25H,4-8,10-14H2,1-3H3/t19?,20?,21?,22-,23?/m1/s1. The molecule has 0 saturated heterocycles. The molecule has 5 atom stereocenters. The zero-order valence-electron chi connectivity index (χ0n) is 16.6. The summed E-state index contributed by atoms with van der Waals surface area (Å²) in [7, 11) is 0. The van der Waals surface area contributed by atoms with Crippen molar-refractivity contribution in [2.24, 2.45) is 23.2 Å². The molecule has 1 fully saturated rings. The molecule has 1 saturated carbocycles. The van der Waals surface area contributed by atoms with Gasteiger partial charge in [-0.05, 0) is 80.3 Å². The molecule has 0 spiro atoms. The lowest BCUT2D eigenvalue weighted by Crippen LogP contribution is -2.42. The normalized spacial score (nSPS) is 42.0. The number of Topliss-reactive ketones (excluding diaryl/α,β-unsaturated/α-hetero) is 1. The fourth-order valence-corrected chi connectivity index (χ4v) is 6.65. The molecule has 4 aliphatic rings. The van der Waals surface area contributed by atoms with E-state index in [1.807, 2.05) is 0 Å². The summed E-state index contributed by atoms with van der Waals surface area (Å²) in [5.74, 6) is 0.971. The molecule has 1 N–H and O–H groups in total. The van der Waals surface area contributed by atoms with E-state index in [1.165, 1.54) is 24.0 Å². The van der Waals surface area contributed by atoms with E-state index in [0.29, 0.717) is 37.1 Å². The zero-order chi connectivity index (χ0) is 18.5. The average Bonchev–Trinajstić information content (AvgIpc) is 2.97. The first-order chi connectivity index (χ1) is 12.4. The Morgan fingerprint density at radius 2 is 2.12 bits per heavy atom. The fraction of sp³-hybridized carbons (Fsp3) is 0.783. The number of rotatable bonds is 4. The lowest BCUT2D eigenvalue weighted by atomic mass is 9.57. The molecule has 0 aliphatic heterocycles. The highest BCUT2D eigenvalue weighted by molar-refractivity contribution is 5.79. The van der Waals surface area contributed by atoms with Gasteiger partial charge in [0.25, 0.3) is 0 Å². The lowest BCUT2D eigenvalue weighted by molar-refractivity contribution is -0.209. The van der Waals surface area contributed by atoms with Gasteiger partial charge in [-0.25, -0.2) is 0 Å². The van der Waals surface area contributed by atoms with Gasteiger partial charge in [-0.1, -0.05) is 25.5 Å². The van der Waals surface area contributed by atoms with Crippen LogP contribution >= 0.6 is 0 Å². The van der Waals surface area contributed by atoms with Crippen LogP contribution in [0, 0.1) is 23.2 Å². The molecule has 3 heteroatoms. The maximum Gasteiger partial charge on any atom is 0.169 e. The second-order valence-corrected chi connectivity index (χ2v) is 9.42. The molecule has 0 aromatic rings. The number of carbonyl (C=O) groups is 1. The highest BCUT2D eigenvalue weighted by Crippen LogP contribution is 2.61. The van der Waals surface area contributed by atoms with E-state index in [1.54, 1.807) is 12.5 Å². The van der Waals surface area contributed by atoms with Crippen LogP contribution in [0.15, 0.2) is 22.8 Å². The number of allylic oxidation sites excluding steroid dienone is 3. The summed E-state index contributed by atoms with van der Waals surface area (Å²) in [4.78, 5) is 12.2. The molecular formula is C23H34O3. The van der Waals surface area contributed by atoms with E-state index in [9.17, 15) is 9.90 Å². The number of aliphatic hydroxyl groups is 1. The van der Waals surface area contributed by atoms with Gasteiger partial charge in [0.05, 0.1) is 0 Å². The van der Waals surface area contributed by atoms with Crippen molar-refractivity contribution in [2.75, 3.05) is 6.61 Å². The maximum atomic E-state index is 12.2. The first-order valence-electron chi connectivity index (χ1n) is 10.7. The molecule has 0 aromatic heterocycles. The van der Waals surface area contributed by atoms with Crippen molar-refractivity contribution < 1.29 is 14.6 Å². The number of fused-ring (bicyclic) bond motifs is 4. The maximum absolute atomic E-state index is 12.2. The molecule has 144 valence electrons. The molecule has 0 bridgehead atoms. The van der Waals surface area contributed by atoms with Crippen LogP contribution in [0.3, 0.4) is 0 Å². The molecule has 0 amide bonds. The summed E-state index contributed by atoms with van der Waals surface area (Å²) in [6.07, 6.45) is 11.3. The SMILES string of the molecule is CCCOC1(O)CCC2=C(CCC3C2=CC[C@]2(C)C(C(C)=O)CCC32)C1. The Bertz CT molecular complexity index is 660. The van der Waals surface area contributed by atoms with Gasteiger partial charge < -0.3 is 9.84 Å². The summed E-state index contributed by atoms with van der Waals surface area (Å²) in [5, 5.41) is 10.8. The van der Waals surface area contributed by atoms with Crippen molar-refractivity contribution in [3.63, 3.8) is 0 Å². The summed E-state index contributed by atoms with van der Waals surface area (Å²) in [5.41, 5.74) is 4.69. The third kappa shape index (κ3) is 2.82. The van der Waals surface area contributed by atoms with E-state index in [2.05, 4.69) is 19.9 Å². The molecule has 4 unspecified atom stereocenters. The van der Waals surface area contributed by atoms with Gasteiger partial charge in [-0.15, -0.1) is 0 Å². The number of hydrogen-bond acceptors (Lipinski definition) is 3. The summed E-state index contributed by atoms with van der Waals surface area (Å²) < 4.78 is 5.79. The third-order valence-corrected chi connectivity index (χ3v) is 7.91. The van der Waals surface area contributed by atoms with E-state index in [0.717, 1.165) is 32.1 Å². The molecule has 0 aromatic carbocycles. The van der Waals surface area contributed by atoms with Gasteiger partial charge in [-0.3, -0.25) is 4.79 Å². The average molecular weight is 359 g/mol. The van der Waals surface area contributed by atoms with E-state index in [-0.39, 0.29) is 11.3 Å². The van der Waals surface area contributed by atoms with Gasteiger partial charge >= 0.3 is 0 Å². The van der Waals surface area contributed by atoms with Crippen LogP contribution in [0.1, 0.15) is 78.6 Å². The van der Waals surface area contributed by atoms with Crippen LogP contribution in [0.4, 0.5) is 0 Å². The Morgan fingerprint density at radius 1 is 1.31 bits per heavy atom. The fourth-order valence-electron chi connectivity index (χ4n) is 6.65. The van der Waals surface area contributed by atoms with Gasteiger partial charge in [0.15, 0.2) is 5.79 Å². The highest BCUT2D eigenvalue weighted by atomic mass is 16.6. The van der Waals surface area contributed by atoms with Crippen LogP contribution in [0.25, 0.3) is 0 Å². The van der Waals surface area contributed by atoms with Crippen molar-refractivity contribution in [3.8, 4) is 0 Å². The van der Waals surface area contributed by atoms with Gasteiger partial charge in [0, 0.05) is 25.4 Å². The Kier molecular flexibility index (Phi) is 4.68. The Balaban J connectivity index is 1.60. The number of ketones is 1. The van der Waals surface area contributed by atoms with Crippen LogP contribution in [0.2, 0.25) is 0 Å². The molecule has 4 rings (SSSR count). The molecular weight excluding hydrogens is 324 g/mol. The molecule has 26 heavy (non-hydrogen) atoms. The van der Waals surface area contributed by atoms with Crippen LogP contribution in [0.5, 0.6) is 0 Å². The predicted molar refractivity (Wildman–Crippen MR) is 102 cm³/mol. The Labute approximate surface area is 157 Å². The Hall–Kier alpha value is -0.930. The van der Waals surface area contributed by atoms with Crippen LogP contribution in [-0.4, -0.2) is 23.3 Å².